The zero-order valence-electron chi connectivity index (χ0n) is 10.4. The molecule has 0 aromatic heterocycles. The summed E-state index contributed by atoms with van der Waals surface area (Å²) in [4.78, 5) is 0. The topological polar surface area (TPSA) is 58.9 Å². The highest BCUT2D eigenvalue weighted by atomic mass is 16.5. The van der Waals surface area contributed by atoms with Crippen molar-refractivity contribution < 1.29 is 22.4 Å². The van der Waals surface area contributed by atoms with E-state index in [0.717, 1.165) is 5.75 Å². The Morgan fingerprint density at radius 2 is 1.32 bits per heavy atom. The van der Waals surface area contributed by atoms with Crippen molar-refractivity contribution in [2.75, 3.05) is 13.2 Å². The van der Waals surface area contributed by atoms with Gasteiger partial charge in [-0.15, -0.1) is 0 Å². The van der Waals surface area contributed by atoms with Crippen molar-refractivity contribution in [3.63, 3.8) is 0 Å². The number of hydrogen-bond acceptors (Lipinski definition) is 4. The van der Waals surface area contributed by atoms with Gasteiger partial charge < -0.3 is 19.5 Å². The monoisotopic (exact) mass is 262 g/mol. The number of rotatable bonds is 6. The van der Waals surface area contributed by atoms with Gasteiger partial charge in [-0.05, 0) is 29.7 Å². The zero-order chi connectivity index (χ0) is 13.5. The van der Waals surface area contributed by atoms with Gasteiger partial charge in [-0.2, -0.15) is 0 Å². The number of benzene rings is 2. The molecule has 0 spiro atoms. The highest BCUT2D eigenvalue weighted by Crippen LogP contribution is 2.09. The molecule has 0 aliphatic carbocycles. The molecule has 2 rings (SSSR count). The molecule has 0 unspecified atom stereocenters. The summed E-state index contributed by atoms with van der Waals surface area (Å²) >= 11 is 0. The molecule has 5 heteroatoms. The van der Waals surface area contributed by atoms with E-state index < -0.39 is 7.12 Å². The van der Waals surface area contributed by atoms with Crippen molar-refractivity contribution in [1.29, 1.82) is 0 Å². The van der Waals surface area contributed by atoms with Gasteiger partial charge in [-0.1, -0.05) is 30.3 Å². The first-order valence-corrected chi connectivity index (χ1v) is 6.02. The second-order valence-electron chi connectivity index (χ2n) is 3.95. The van der Waals surface area contributed by atoms with Gasteiger partial charge in [0.25, 0.3) is 0 Å². The van der Waals surface area contributed by atoms with Crippen molar-refractivity contribution in [2.45, 2.75) is 0 Å². The average Bonchev–Trinajstić information content (AvgIpc) is 2.45. The fraction of sp³-hybridized carbons (Fsp3) is 0.143. The van der Waals surface area contributed by atoms with Crippen LogP contribution in [-0.2, 0) is 0 Å². The second kappa shape index (κ2) is 6.82. The summed E-state index contributed by atoms with van der Waals surface area (Å²) in [5.41, 5.74) is 0.438. The van der Waals surface area contributed by atoms with Crippen molar-refractivity contribution in [1.82, 2.24) is 0 Å². The molecule has 0 radical (unpaired) electrons. The Morgan fingerprint density at radius 3 is 1.84 bits per heavy atom. The quantitative estimate of drug-likeness (QED) is 0.608. The van der Waals surface area contributed by atoms with Gasteiger partial charge >= 0.3 is 7.12 Å². The Bertz CT molecular complexity index is 494. The molecule has 2 aromatic rings. The smallest absolute Gasteiger partial charge is 0.488 e. The Balaban J connectivity index is 0.00000200. The Kier molecular flexibility index (Phi) is 4.83. The molecule has 2 aromatic carbocycles. The molecule has 0 amide bonds. The van der Waals surface area contributed by atoms with Crippen LogP contribution in [0.3, 0.4) is 0 Å². The first kappa shape index (κ1) is 13.5. The fourth-order valence-electron chi connectivity index (χ4n) is 1.57. The van der Waals surface area contributed by atoms with Gasteiger partial charge in [0, 0.05) is 2.85 Å². The van der Waals surface area contributed by atoms with Crippen LogP contribution in [0.2, 0.25) is 0 Å². The van der Waals surface area contributed by atoms with E-state index in [0.29, 0.717) is 24.4 Å². The average molecular weight is 262 g/mol. The summed E-state index contributed by atoms with van der Waals surface area (Å²) in [5.74, 6) is 1.48. The van der Waals surface area contributed by atoms with E-state index in [9.17, 15) is 0 Å². The van der Waals surface area contributed by atoms with Gasteiger partial charge in [0.05, 0.1) is 0 Å². The molecule has 4 nitrogen and oxygen atoms in total. The first-order chi connectivity index (χ1) is 9.25. The van der Waals surface area contributed by atoms with Crippen LogP contribution in [-0.4, -0.2) is 30.4 Å². The number of para-hydroxylation sites is 1. The molecule has 2 N–H and O–H groups in total. The normalized spacial score (nSPS) is 10.0. The van der Waals surface area contributed by atoms with Crippen molar-refractivity contribution in [3.8, 4) is 11.5 Å². The predicted octanol–water partition coefficient (Wildman–Crippen LogP) is 1.32. The van der Waals surface area contributed by atoms with E-state index in [1.165, 1.54) is 0 Å². The van der Waals surface area contributed by atoms with Gasteiger partial charge in [0.2, 0.25) is 0 Å². The minimum absolute atomic E-state index is 0. The molecule has 102 valence electrons. The van der Waals surface area contributed by atoms with Gasteiger partial charge in [0.15, 0.2) is 0 Å². The van der Waals surface area contributed by atoms with E-state index in [-0.39, 0.29) is 2.85 Å². The van der Waals surface area contributed by atoms with Crippen LogP contribution in [0.1, 0.15) is 2.85 Å². The lowest BCUT2D eigenvalue weighted by Crippen LogP contribution is -2.29. The van der Waals surface area contributed by atoms with Crippen LogP contribution >= 0.6 is 0 Å². The van der Waals surface area contributed by atoms with E-state index in [4.69, 9.17) is 19.5 Å². The Morgan fingerprint density at radius 1 is 0.789 bits per heavy atom. The lowest BCUT2D eigenvalue weighted by atomic mass is 9.80. The number of hydrogen-bond donors (Lipinski definition) is 2. The van der Waals surface area contributed by atoms with Gasteiger partial charge in [0.1, 0.15) is 24.7 Å². The van der Waals surface area contributed by atoms with Crippen LogP contribution in [0.4, 0.5) is 0 Å². The first-order valence-electron chi connectivity index (χ1n) is 6.02. The molecule has 0 saturated heterocycles. The molecule has 0 aliphatic rings. The SMILES string of the molecule is OB(O)c1ccc(OCCOc2ccccc2)cc1.[HH].[HH]. The minimum atomic E-state index is -1.45. The molecule has 0 atom stereocenters. The summed E-state index contributed by atoms with van der Waals surface area (Å²) < 4.78 is 11.0. The van der Waals surface area contributed by atoms with Crippen LogP contribution in [0.5, 0.6) is 11.5 Å². The largest absolute Gasteiger partial charge is 0.490 e. The van der Waals surface area contributed by atoms with Gasteiger partial charge in [-0.3, -0.25) is 0 Å². The van der Waals surface area contributed by atoms with Gasteiger partial charge in [-0.25, -0.2) is 0 Å². The lowest BCUT2D eigenvalue weighted by Gasteiger charge is -2.08. The second-order valence-corrected chi connectivity index (χ2v) is 3.95. The fourth-order valence-corrected chi connectivity index (χ4v) is 1.57. The summed E-state index contributed by atoms with van der Waals surface area (Å²) in [6.45, 7) is 0.879. The van der Waals surface area contributed by atoms with Crippen LogP contribution in [0.25, 0.3) is 0 Å². The van der Waals surface area contributed by atoms with E-state index in [2.05, 4.69) is 0 Å². The Labute approximate surface area is 115 Å². The maximum absolute atomic E-state index is 8.95. The maximum atomic E-state index is 8.95. The summed E-state index contributed by atoms with van der Waals surface area (Å²) in [6.07, 6.45) is 0. The van der Waals surface area contributed by atoms with Crippen LogP contribution in [0, 0.1) is 0 Å². The highest BCUT2D eigenvalue weighted by molar-refractivity contribution is 6.58. The summed E-state index contributed by atoms with van der Waals surface area (Å²) in [7, 11) is -1.45. The van der Waals surface area contributed by atoms with E-state index >= 15 is 0 Å². The molecule has 0 aliphatic heterocycles. The molecular formula is C14H19BO4. The molecular weight excluding hydrogens is 243 g/mol. The van der Waals surface area contributed by atoms with Crippen molar-refractivity contribution in [3.05, 3.63) is 54.6 Å². The third kappa shape index (κ3) is 4.32. The molecule has 0 heterocycles. The summed E-state index contributed by atoms with van der Waals surface area (Å²) in [5, 5.41) is 17.9. The van der Waals surface area contributed by atoms with Crippen LogP contribution in [0.15, 0.2) is 54.6 Å². The predicted molar refractivity (Wildman–Crippen MR) is 77.9 cm³/mol. The van der Waals surface area contributed by atoms with E-state index in [1.807, 2.05) is 30.3 Å². The third-order valence-corrected chi connectivity index (χ3v) is 2.54. The third-order valence-electron chi connectivity index (χ3n) is 2.54. The minimum Gasteiger partial charge on any atom is -0.490 e. The summed E-state index contributed by atoms with van der Waals surface area (Å²) in [6, 6.07) is 16.1. The van der Waals surface area contributed by atoms with Crippen molar-refractivity contribution >= 4 is 12.6 Å². The van der Waals surface area contributed by atoms with E-state index in [1.54, 1.807) is 24.3 Å². The Hall–Kier alpha value is -1.98. The molecule has 0 bridgehead atoms. The highest BCUT2D eigenvalue weighted by Gasteiger charge is 2.09. The number of ether oxygens (including phenoxy) is 2. The lowest BCUT2D eigenvalue weighted by molar-refractivity contribution is 0.217. The van der Waals surface area contributed by atoms with Crippen molar-refractivity contribution in [2.24, 2.45) is 0 Å². The zero-order valence-corrected chi connectivity index (χ0v) is 10.4. The molecule has 0 fully saturated rings. The molecule has 19 heavy (non-hydrogen) atoms. The maximum Gasteiger partial charge on any atom is 0.488 e. The van der Waals surface area contributed by atoms with Crippen LogP contribution < -0.4 is 14.9 Å². The standard InChI is InChI=1S/C14H15BO4.2H2/c16-15(17)12-6-8-14(9-7-12)19-11-10-18-13-4-2-1-3-5-13;;/h1-9,16-17H,10-11H2;2*1H. The molecule has 0 saturated carbocycles.